The van der Waals surface area contributed by atoms with Crippen LogP contribution < -0.4 is 5.73 Å². The fourth-order valence-electron chi connectivity index (χ4n) is 3.09. The highest BCUT2D eigenvalue weighted by Crippen LogP contribution is 2.19. The van der Waals surface area contributed by atoms with Crippen LogP contribution in [0.2, 0.25) is 0 Å². The minimum absolute atomic E-state index is 0.124. The predicted molar refractivity (Wildman–Crippen MR) is 92.1 cm³/mol. The van der Waals surface area contributed by atoms with Gasteiger partial charge in [-0.2, -0.15) is 0 Å². The average molecular weight is 319 g/mol. The number of hydrogen-bond donors (Lipinski definition) is 1. The fraction of sp³-hybridized carbons (Fsp3) is 0.611. The van der Waals surface area contributed by atoms with Crippen molar-refractivity contribution in [2.45, 2.75) is 45.4 Å². The van der Waals surface area contributed by atoms with Gasteiger partial charge in [0, 0.05) is 31.7 Å². The van der Waals surface area contributed by atoms with E-state index in [1.807, 2.05) is 49.1 Å². The first-order chi connectivity index (χ1) is 11.1. The molecular formula is C18H29N3O2. The highest BCUT2D eigenvalue weighted by molar-refractivity contribution is 5.68. The molecule has 1 amide bonds. The van der Waals surface area contributed by atoms with E-state index in [2.05, 4.69) is 4.90 Å². The monoisotopic (exact) mass is 319 g/mol. The largest absolute Gasteiger partial charge is 0.445 e. The smallest absolute Gasteiger partial charge is 0.410 e. The van der Waals surface area contributed by atoms with Crippen molar-refractivity contribution < 1.29 is 9.53 Å². The van der Waals surface area contributed by atoms with Gasteiger partial charge in [0.15, 0.2) is 0 Å². The van der Waals surface area contributed by atoms with Crippen LogP contribution >= 0.6 is 0 Å². The number of likely N-dealkylation sites (tertiary alicyclic amines) is 1. The second-order valence-electron chi connectivity index (χ2n) is 6.41. The van der Waals surface area contributed by atoms with Crippen molar-refractivity contribution >= 4 is 6.09 Å². The second kappa shape index (κ2) is 8.89. The Balaban J connectivity index is 1.90. The molecule has 2 N–H and O–H groups in total. The topological polar surface area (TPSA) is 58.8 Å². The summed E-state index contributed by atoms with van der Waals surface area (Å²) in [5.41, 5.74) is 6.70. The van der Waals surface area contributed by atoms with Crippen LogP contribution in [0.1, 0.15) is 32.3 Å². The van der Waals surface area contributed by atoms with E-state index in [1.54, 1.807) is 0 Å². The molecule has 5 heteroatoms. The summed E-state index contributed by atoms with van der Waals surface area (Å²) in [6, 6.07) is 10.3. The van der Waals surface area contributed by atoms with Gasteiger partial charge in [-0.25, -0.2) is 4.79 Å². The van der Waals surface area contributed by atoms with Crippen LogP contribution in [0.3, 0.4) is 0 Å². The molecule has 0 aliphatic carbocycles. The Morgan fingerprint density at radius 3 is 2.78 bits per heavy atom. The third kappa shape index (κ3) is 5.22. The van der Waals surface area contributed by atoms with Crippen molar-refractivity contribution in [3.05, 3.63) is 35.9 Å². The minimum atomic E-state index is -0.233. The van der Waals surface area contributed by atoms with Crippen LogP contribution in [0.25, 0.3) is 0 Å². The SMILES string of the molecule is CC(C)N(CC1CCCN1CCN)C(=O)OCc1ccccc1. The van der Waals surface area contributed by atoms with Crippen molar-refractivity contribution in [1.29, 1.82) is 0 Å². The summed E-state index contributed by atoms with van der Waals surface area (Å²) < 4.78 is 5.50. The van der Waals surface area contributed by atoms with Crippen molar-refractivity contribution in [2.75, 3.05) is 26.2 Å². The van der Waals surface area contributed by atoms with Gasteiger partial charge in [-0.1, -0.05) is 30.3 Å². The van der Waals surface area contributed by atoms with Gasteiger partial charge in [-0.05, 0) is 38.8 Å². The Hall–Kier alpha value is -1.59. The van der Waals surface area contributed by atoms with Crippen molar-refractivity contribution in [2.24, 2.45) is 5.73 Å². The molecule has 1 fully saturated rings. The average Bonchev–Trinajstić information content (AvgIpc) is 2.98. The second-order valence-corrected chi connectivity index (χ2v) is 6.41. The van der Waals surface area contributed by atoms with Crippen LogP contribution in [0.15, 0.2) is 30.3 Å². The molecule has 1 aromatic rings. The Bertz CT molecular complexity index is 478. The number of carbonyl (C=O) groups is 1. The van der Waals surface area contributed by atoms with Crippen molar-refractivity contribution in [1.82, 2.24) is 9.80 Å². The molecule has 0 saturated carbocycles. The molecule has 1 atom stereocenters. The van der Waals surface area contributed by atoms with Gasteiger partial charge >= 0.3 is 6.09 Å². The lowest BCUT2D eigenvalue weighted by molar-refractivity contribution is 0.0738. The summed E-state index contributed by atoms with van der Waals surface area (Å²) in [4.78, 5) is 16.7. The number of nitrogens with zero attached hydrogens (tertiary/aromatic N) is 2. The highest BCUT2D eigenvalue weighted by atomic mass is 16.6. The van der Waals surface area contributed by atoms with E-state index >= 15 is 0 Å². The number of carbonyl (C=O) groups excluding carboxylic acids is 1. The van der Waals surface area contributed by atoms with E-state index in [-0.39, 0.29) is 12.1 Å². The predicted octanol–water partition coefficient (Wildman–Crippen LogP) is 2.46. The number of hydrogen-bond acceptors (Lipinski definition) is 4. The van der Waals surface area contributed by atoms with Gasteiger partial charge < -0.3 is 15.4 Å². The molecule has 5 nitrogen and oxygen atoms in total. The number of amides is 1. The van der Waals surface area contributed by atoms with Gasteiger partial charge in [0.2, 0.25) is 0 Å². The molecule has 0 aromatic heterocycles. The molecule has 0 spiro atoms. The summed E-state index contributed by atoms with van der Waals surface area (Å²) in [6.07, 6.45) is 2.06. The number of rotatable bonds is 7. The molecule has 1 saturated heterocycles. The lowest BCUT2D eigenvalue weighted by Crippen LogP contribution is -2.47. The summed E-state index contributed by atoms with van der Waals surface area (Å²) in [5, 5.41) is 0. The van der Waals surface area contributed by atoms with E-state index in [4.69, 9.17) is 10.5 Å². The van der Waals surface area contributed by atoms with Gasteiger partial charge in [-0.15, -0.1) is 0 Å². The van der Waals surface area contributed by atoms with Crippen LogP contribution in [0.5, 0.6) is 0 Å². The fourth-order valence-corrected chi connectivity index (χ4v) is 3.09. The lowest BCUT2D eigenvalue weighted by atomic mass is 10.2. The molecule has 2 rings (SSSR count). The van der Waals surface area contributed by atoms with Crippen LogP contribution in [0.4, 0.5) is 4.79 Å². The minimum Gasteiger partial charge on any atom is -0.445 e. The van der Waals surface area contributed by atoms with E-state index in [0.717, 1.165) is 25.1 Å². The Morgan fingerprint density at radius 2 is 2.13 bits per heavy atom. The van der Waals surface area contributed by atoms with Crippen molar-refractivity contribution in [3.8, 4) is 0 Å². The standard InChI is InChI=1S/C18H29N3O2/c1-15(2)21(13-17-9-6-11-20(17)12-10-19)18(22)23-14-16-7-4-3-5-8-16/h3-5,7-8,15,17H,6,9-14,19H2,1-2H3. The third-order valence-electron chi connectivity index (χ3n) is 4.39. The first-order valence-electron chi connectivity index (χ1n) is 8.53. The summed E-state index contributed by atoms with van der Waals surface area (Å²) in [6.45, 7) is 7.74. The van der Waals surface area contributed by atoms with Crippen LogP contribution in [0, 0.1) is 0 Å². The molecule has 0 bridgehead atoms. The number of benzene rings is 1. The highest BCUT2D eigenvalue weighted by Gasteiger charge is 2.29. The van der Waals surface area contributed by atoms with Gasteiger partial charge in [0.1, 0.15) is 6.61 Å². The zero-order valence-corrected chi connectivity index (χ0v) is 14.3. The van der Waals surface area contributed by atoms with Crippen LogP contribution in [-0.4, -0.2) is 54.2 Å². The number of ether oxygens (including phenoxy) is 1. The molecule has 1 aromatic carbocycles. The van der Waals surface area contributed by atoms with E-state index in [1.165, 1.54) is 6.42 Å². The molecule has 23 heavy (non-hydrogen) atoms. The maximum Gasteiger partial charge on any atom is 0.410 e. The summed E-state index contributed by atoms with van der Waals surface area (Å²) in [7, 11) is 0. The zero-order valence-electron chi connectivity index (χ0n) is 14.3. The molecule has 1 heterocycles. The van der Waals surface area contributed by atoms with E-state index in [9.17, 15) is 4.79 Å². The normalized spacial score (nSPS) is 18.3. The Labute approximate surface area is 139 Å². The van der Waals surface area contributed by atoms with Crippen LogP contribution in [-0.2, 0) is 11.3 Å². The first kappa shape index (κ1) is 17.8. The quantitative estimate of drug-likeness (QED) is 0.839. The molecular weight excluding hydrogens is 290 g/mol. The van der Waals surface area contributed by atoms with E-state index < -0.39 is 0 Å². The number of nitrogens with two attached hydrogens (primary N) is 1. The molecule has 1 unspecified atom stereocenters. The summed E-state index contributed by atoms with van der Waals surface area (Å²) >= 11 is 0. The maximum absolute atomic E-state index is 12.5. The lowest BCUT2D eigenvalue weighted by Gasteiger charge is -2.32. The maximum atomic E-state index is 12.5. The van der Waals surface area contributed by atoms with Gasteiger partial charge in [0.05, 0.1) is 0 Å². The van der Waals surface area contributed by atoms with Gasteiger partial charge in [0.25, 0.3) is 0 Å². The molecule has 128 valence electrons. The first-order valence-corrected chi connectivity index (χ1v) is 8.53. The molecule has 1 aliphatic heterocycles. The van der Waals surface area contributed by atoms with E-state index in [0.29, 0.717) is 25.7 Å². The Kier molecular flexibility index (Phi) is 6.86. The summed E-state index contributed by atoms with van der Waals surface area (Å²) in [5.74, 6) is 0. The molecule has 0 radical (unpaired) electrons. The third-order valence-corrected chi connectivity index (χ3v) is 4.39. The molecule has 1 aliphatic rings. The zero-order chi connectivity index (χ0) is 16.7. The Morgan fingerprint density at radius 1 is 1.39 bits per heavy atom. The van der Waals surface area contributed by atoms with Crippen molar-refractivity contribution in [3.63, 3.8) is 0 Å². The van der Waals surface area contributed by atoms with Gasteiger partial charge in [-0.3, -0.25) is 4.90 Å².